The zero-order chi connectivity index (χ0) is 15.7. The van der Waals surface area contributed by atoms with E-state index in [1.807, 2.05) is 13.0 Å². The third-order valence-corrected chi connectivity index (χ3v) is 6.06. The van der Waals surface area contributed by atoms with Gasteiger partial charge in [-0.15, -0.1) is 11.3 Å². The number of nitrogens with one attached hydrogen (secondary N) is 1. The molecule has 2 rings (SSSR count). The molecule has 2 N–H and O–H groups in total. The summed E-state index contributed by atoms with van der Waals surface area (Å²) in [6.45, 7) is 8.99. The lowest BCUT2D eigenvalue weighted by Gasteiger charge is -2.40. The second-order valence-corrected chi connectivity index (χ2v) is 8.28. The van der Waals surface area contributed by atoms with Crippen LogP contribution in [0.3, 0.4) is 0 Å². The van der Waals surface area contributed by atoms with Gasteiger partial charge in [-0.3, -0.25) is 4.79 Å². The zero-order valence-electron chi connectivity index (χ0n) is 13.6. The average Bonchev–Trinajstić information content (AvgIpc) is 2.81. The molecule has 21 heavy (non-hydrogen) atoms. The van der Waals surface area contributed by atoms with Gasteiger partial charge in [-0.05, 0) is 56.1 Å². The Kier molecular flexibility index (Phi) is 4.79. The summed E-state index contributed by atoms with van der Waals surface area (Å²) >= 11 is 1.56. The summed E-state index contributed by atoms with van der Waals surface area (Å²) in [5.74, 6) is -0.0546. The molecular weight excluding hydrogens is 282 g/mol. The predicted molar refractivity (Wildman–Crippen MR) is 88.0 cm³/mol. The molecule has 0 aromatic carbocycles. The average molecular weight is 309 g/mol. The fourth-order valence-corrected chi connectivity index (χ4v) is 3.91. The summed E-state index contributed by atoms with van der Waals surface area (Å²) in [5, 5.41) is 13.5. The molecule has 1 saturated carbocycles. The van der Waals surface area contributed by atoms with E-state index in [9.17, 15) is 9.90 Å². The van der Waals surface area contributed by atoms with E-state index in [0.717, 1.165) is 37.0 Å². The molecule has 1 aliphatic rings. The van der Waals surface area contributed by atoms with Crippen molar-refractivity contribution in [2.45, 2.75) is 65.4 Å². The van der Waals surface area contributed by atoms with E-state index in [2.05, 4.69) is 26.1 Å². The number of aliphatic hydroxyl groups is 1. The number of amides is 1. The molecular formula is C17H27NO2S. The first kappa shape index (κ1) is 16.5. The quantitative estimate of drug-likeness (QED) is 0.891. The molecule has 0 spiro atoms. The highest BCUT2D eigenvalue weighted by Crippen LogP contribution is 2.39. The van der Waals surface area contributed by atoms with Crippen molar-refractivity contribution >= 4 is 17.2 Å². The summed E-state index contributed by atoms with van der Waals surface area (Å²) in [7, 11) is 0. The number of hydrogen-bond donors (Lipinski definition) is 2. The van der Waals surface area contributed by atoms with Crippen molar-refractivity contribution in [2.75, 3.05) is 6.54 Å². The highest BCUT2D eigenvalue weighted by Gasteiger charge is 2.36. The minimum Gasteiger partial charge on any atom is -0.388 e. The van der Waals surface area contributed by atoms with Gasteiger partial charge in [-0.25, -0.2) is 0 Å². The highest BCUT2D eigenvalue weighted by molar-refractivity contribution is 7.14. The topological polar surface area (TPSA) is 49.3 Å². The summed E-state index contributed by atoms with van der Waals surface area (Å²) in [6.07, 6.45) is 4.52. The van der Waals surface area contributed by atoms with Gasteiger partial charge in [-0.1, -0.05) is 20.8 Å². The number of thiophene rings is 1. The van der Waals surface area contributed by atoms with Crippen LogP contribution in [0.4, 0.5) is 0 Å². The van der Waals surface area contributed by atoms with Gasteiger partial charge in [0.1, 0.15) is 0 Å². The normalized spacial score (nSPS) is 20.2. The molecule has 4 heteroatoms. The van der Waals surface area contributed by atoms with Crippen LogP contribution in [-0.2, 0) is 6.42 Å². The van der Waals surface area contributed by atoms with Gasteiger partial charge in [0.25, 0.3) is 5.91 Å². The first-order valence-electron chi connectivity index (χ1n) is 7.85. The van der Waals surface area contributed by atoms with Crippen LogP contribution in [-0.4, -0.2) is 23.2 Å². The van der Waals surface area contributed by atoms with Gasteiger partial charge in [0, 0.05) is 11.4 Å². The Balaban J connectivity index is 1.91. The van der Waals surface area contributed by atoms with E-state index in [0.29, 0.717) is 12.0 Å². The Bertz CT molecular complexity index is 509. The fourth-order valence-electron chi connectivity index (χ4n) is 2.88. The molecule has 1 fully saturated rings. The van der Waals surface area contributed by atoms with Crippen LogP contribution in [0.2, 0.25) is 0 Å². The van der Waals surface area contributed by atoms with Crippen molar-refractivity contribution in [3.8, 4) is 0 Å². The van der Waals surface area contributed by atoms with Crippen LogP contribution < -0.4 is 5.32 Å². The molecule has 118 valence electrons. The summed E-state index contributed by atoms with van der Waals surface area (Å²) in [4.78, 5) is 14.2. The molecule has 0 unspecified atom stereocenters. The molecule has 0 saturated heterocycles. The van der Waals surface area contributed by atoms with E-state index in [-0.39, 0.29) is 5.91 Å². The van der Waals surface area contributed by atoms with E-state index in [1.54, 1.807) is 11.3 Å². The maximum atomic E-state index is 12.2. The lowest BCUT2D eigenvalue weighted by atomic mass is 9.71. The molecule has 0 aliphatic heterocycles. The van der Waals surface area contributed by atoms with Crippen LogP contribution in [0.1, 0.15) is 66.6 Å². The molecule has 1 heterocycles. The minimum atomic E-state index is -0.731. The van der Waals surface area contributed by atoms with Gasteiger partial charge in [-0.2, -0.15) is 0 Å². The smallest absolute Gasteiger partial charge is 0.261 e. The van der Waals surface area contributed by atoms with Crippen LogP contribution in [0.5, 0.6) is 0 Å². The lowest BCUT2D eigenvalue weighted by Crippen LogP contribution is -2.46. The number of carbonyl (C=O) groups excluding carboxylic acids is 1. The zero-order valence-corrected chi connectivity index (χ0v) is 14.4. The molecule has 3 nitrogen and oxygen atoms in total. The minimum absolute atomic E-state index is 0.0546. The van der Waals surface area contributed by atoms with Crippen LogP contribution in [0.25, 0.3) is 0 Å². The summed E-state index contributed by atoms with van der Waals surface area (Å²) < 4.78 is 0. The Morgan fingerprint density at radius 1 is 1.33 bits per heavy atom. The Labute approximate surface area is 131 Å². The van der Waals surface area contributed by atoms with Gasteiger partial charge < -0.3 is 10.4 Å². The van der Waals surface area contributed by atoms with Crippen molar-refractivity contribution in [3.05, 3.63) is 21.4 Å². The number of rotatable bonds is 4. The van der Waals surface area contributed by atoms with Crippen LogP contribution >= 0.6 is 11.3 Å². The largest absolute Gasteiger partial charge is 0.388 e. The van der Waals surface area contributed by atoms with Crippen molar-refractivity contribution in [1.29, 1.82) is 0 Å². The number of aryl methyl sites for hydroxylation is 2. The van der Waals surface area contributed by atoms with E-state index in [1.165, 1.54) is 10.4 Å². The Hall–Kier alpha value is -0.870. The molecule has 1 aromatic rings. The lowest BCUT2D eigenvalue weighted by molar-refractivity contribution is -0.0232. The van der Waals surface area contributed by atoms with Crippen molar-refractivity contribution in [1.82, 2.24) is 5.32 Å². The molecule has 1 aromatic heterocycles. The molecule has 0 bridgehead atoms. The fraction of sp³-hybridized carbons (Fsp3) is 0.706. The van der Waals surface area contributed by atoms with E-state index >= 15 is 0 Å². The van der Waals surface area contributed by atoms with Crippen molar-refractivity contribution < 1.29 is 9.90 Å². The molecule has 1 aliphatic carbocycles. The second-order valence-electron chi connectivity index (χ2n) is 7.14. The van der Waals surface area contributed by atoms with Crippen LogP contribution in [0, 0.1) is 12.3 Å². The Morgan fingerprint density at radius 2 is 1.95 bits per heavy atom. The third-order valence-electron chi connectivity index (χ3n) is 4.68. The molecule has 1 amide bonds. The van der Waals surface area contributed by atoms with Gasteiger partial charge in [0.15, 0.2) is 0 Å². The first-order chi connectivity index (χ1) is 9.75. The predicted octanol–water partition coefficient (Wildman–Crippen LogP) is 3.68. The molecule has 0 radical (unpaired) electrons. The number of carbonyl (C=O) groups is 1. The van der Waals surface area contributed by atoms with E-state index in [4.69, 9.17) is 0 Å². The van der Waals surface area contributed by atoms with Gasteiger partial charge in [0.05, 0.1) is 10.5 Å². The Morgan fingerprint density at radius 3 is 2.48 bits per heavy atom. The highest BCUT2D eigenvalue weighted by atomic mass is 32.1. The van der Waals surface area contributed by atoms with Crippen LogP contribution in [0.15, 0.2) is 6.07 Å². The van der Waals surface area contributed by atoms with Gasteiger partial charge >= 0.3 is 0 Å². The first-order valence-corrected chi connectivity index (χ1v) is 8.66. The van der Waals surface area contributed by atoms with Gasteiger partial charge in [0.2, 0.25) is 0 Å². The maximum absolute atomic E-state index is 12.2. The molecule has 0 atom stereocenters. The van der Waals surface area contributed by atoms with Crippen molar-refractivity contribution in [2.24, 2.45) is 5.41 Å². The van der Waals surface area contributed by atoms with Crippen molar-refractivity contribution in [3.63, 3.8) is 0 Å². The van der Waals surface area contributed by atoms with E-state index < -0.39 is 5.60 Å². The summed E-state index contributed by atoms with van der Waals surface area (Å²) in [5.41, 5.74) is 0.771. The third kappa shape index (κ3) is 4.07. The maximum Gasteiger partial charge on any atom is 0.261 e. The monoisotopic (exact) mass is 309 g/mol. The SMILES string of the molecule is CCc1sc(C(=O)NCC2(O)CCC(C)(C)CC2)cc1C. The summed E-state index contributed by atoms with van der Waals surface area (Å²) in [6, 6.07) is 1.95. The standard InChI is InChI=1S/C17H27NO2S/c1-5-13-12(2)10-14(21-13)15(19)18-11-17(20)8-6-16(3,4)7-9-17/h10,20H,5-9,11H2,1-4H3,(H,18,19). The second kappa shape index (κ2) is 6.09. The number of hydrogen-bond acceptors (Lipinski definition) is 3.